The molecule has 0 spiro atoms. The van der Waals surface area contributed by atoms with Crippen LogP contribution < -0.4 is 4.74 Å². The van der Waals surface area contributed by atoms with Crippen molar-refractivity contribution >= 4 is 17.4 Å². The average Bonchev–Trinajstić information content (AvgIpc) is 3.35. The predicted octanol–water partition coefficient (Wildman–Crippen LogP) is 4.84. The number of aliphatic hydroxyl groups excluding tert-OH is 1. The lowest BCUT2D eigenvalue weighted by Gasteiger charge is -2.30. The third-order valence-corrected chi connectivity index (χ3v) is 5.81. The first-order valence-corrected chi connectivity index (χ1v) is 10.6. The van der Waals surface area contributed by atoms with E-state index in [4.69, 9.17) is 4.74 Å². The molecule has 5 heteroatoms. The van der Waals surface area contributed by atoms with E-state index < -0.39 is 17.7 Å². The second kappa shape index (κ2) is 8.34. The minimum absolute atomic E-state index is 0.0131. The summed E-state index contributed by atoms with van der Waals surface area (Å²) in [6.45, 7) is 3.92. The van der Waals surface area contributed by atoms with E-state index in [2.05, 4.69) is 0 Å². The van der Waals surface area contributed by atoms with Gasteiger partial charge in [0.15, 0.2) is 0 Å². The van der Waals surface area contributed by atoms with Crippen molar-refractivity contribution < 1.29 is 19.4 Å². The van der Waals surface area contributed by atoms with E-state index in [1.807, 2.05) is 44.2 Å². The number of carbonyl (C=O) groups is 2. The number of benzene rings is 2. The Hall–Kier alpha value is -3.08. The second-order valence-corrected chi connectivity index (χ2v) is 8.25. The number of ketones is 1. The summed E-state index contributed by atoms with van der Waals surface area (Å²) in [5, 5.41) is 11.0. The topological polar surface area (TPSA) is 66.8 Å². The summed E-state index contributed by atoms with van der Waals surface area (Å²) in [6.07, 6.45) is 3.89. The zero-order valence-corrected chi connectivity index (χ0v) is 17.4. The monoisotopic (exact) mass is 405 g/mol. The second-order valence-electron chi connectivity index (χ2n) is 8.25. The van der Waals surface area contributed by atoms with Crippen molar-refractivity contribution in [3.8, 4) is 5.75 Å². The summed E-state index contributed by atoms with van der Waals surface area (Å²) in [4.78, 5) is 27.8. The third kappa shape index (κ3) is 3.72. The van der Waals surface area contributed by atoms with E-state index in [0.29, 0.717) is 5.56 Å². The van der Waals surface area contributed by atoms with Crippen LogP contribution in [0, 0.1) is 0 Å². The number of aliphatic hydroxyl groups is 1. The molecule has 1 saturated carbocycles. The number of rotatable bonds is 5. The minimum atomic E-state index is -0.615. The number of hydrogen-bond donors (Lipinski definition) is 1. The molecule has 30 heavy (non-hydrogen) atoms. The summed E-state index contributed by atoms with van der Waals surface area (Å²) in [7, 11) is 0. The molecule has 2 aromatic carbocycles. The van der Waals surface area contributed by atoms with Crippen LogP contribution in [0.4, 0.5) is 0 Å². The fourth-order valence-electron chi connectivity index (χ4n) is 4.49. The lowest BCUT2D eigenvalue weighted by molar-refractivity contribution is -0.141. The Kier molecular flexibility index (Phi) is 5.62. The van der Waals surface area contributed by atoms with Crippen LogP contribution in [0.1, 0.15) is 56.7 Å². The number of nitrogens with zero attached hydrogens (tertiary/aromatic N) is 1. The van der Waals surface area contributed by atoms with E-state index in [1.165, 1.54) is 0 Å². The number of likely N-dealkylation sites (tertiary alicyclic amines) is 1. The molecule has 2 fully saturated rings. The third-order valence-electron chi connectivity index (χ3n) is 5.81. The Morgan fingerprint density at radius 3 is 2.23 bits per heavy atom. The number of amides is 1. The maximum absolute atomic E-state index is 13.0. The van der Waals surface area contributed by atoms with Crippen LogP contribution in [0.2, 0.25) is 0 Å². The molecular weight excluding hydrogens is 378 g/mol. The summed E-state index contributed by atoms with van der Waals surface area (Å²) in [5.41, 5.74) is 1.50. The highest BCUT2D eigenvalue weighted by molar-refractivity contribution is 6.46. The fraction of sp³-hybridized carbons (Fsp3) is 0.360. The molecule has 1 unspecified atom stereocenters. The average molecular weight is 405 g/mol. The maximum atomic E-state index is 13.0. The maximum Gasteiger partial charge on any atom is 0.295 e. The standard InChI is InChI=1S/C25H27NO4/c1-16(2)30-20-14-12-17(13-15-20)22-21(23(27)18-8-4-3-5-9-18)24(28)25(29)26(22)19-10-6-7-11-19/h3-5,8-9,12-16,19,22,27H,6-7,10-11H2,1-2H3/b23-21-. The molecule has 0 radical (unpaired) electrons. The highest BCUT2D eigenvalue weighted by Crippen LogP contribution is 2.43. The lowest BCUT2D eigenvalue weighted by atomic mass is 9.94. The van der Waals surface area contributed by atoms with Crippen molar-refractivity contribution in [3.63, 3.8) is 0 Å². The molecule has 5 nitrogen and oxygen atoms in total. The van der Waals surface area contributed by atoms with Gasteiger partial charge < -0.3 is 14.7 Å². The molecule has 1 N–H and O–H groups in total. The summed E-state index contributed by atoms with van der Waals surface area (Å²) in [6, 6.07) is 15.8. The molecule has 156 valence electrons. The lowest BCUT2D eigenvalue weighted by Crippen LogP contribution is -2.37. The van der Waals surface area contributed by atoms with Gasteiger partial charge in [0.25, 0.3) is 11.7 Å². The Labute approximate surface area is 177 Å². The van der Waals surface area contributed by atoms with Gasteiger partial charge in [0.1, 0.15) is 11.5 Å². The van der Waals surface area contributed by atoms with Crippen molar-refractivity contribution in [1.29, 1.82) is 0 Å². The Bertz CT molecular complexity index is 956. The Balaban J connectivity index is 1.81. The molecule has 2 aliphatic rings. The number of hydrogen-bond acceptors (Lipinski definition) is 4. The van der Waals surface area contributed by atoms with Crippen molar-refractivity contribution in [2.24, 2.45) is 0 Å². The van der Waals surface area contributed by atoms with E-state index in [9.17, 15) is 14.7 Å². The van der Waals surface area contributed by atoms with Crippen LogP contribution in [0.25, 0.3) is 5.76 Å². The van der Waals surface area contributed by atoms with Gasteiger partial charge in [-0.05, 0) is 44.4 Å². The van der Waals surface area contributed by atoms with Crippen LogP contribution in [0.3, 0.4) is 0 Å². The normalized spacial score (nSPS) is 21.6. The molecule has 1 heterocycles. The zero-order valence-electron chi connectivity index (χ0n) is 17.4. The largest absolute Gasteiger partial charge is 0.507 e. The van der Waals surface area contributed by atoms with E-state index in [0.717, 1.165) is 37.0 Å². The molecule has 1 aliphatic carbocycles. The summed E-state index contributed by atoms with van der Waals surface area (Å²) >= 11 is 0. The Morgan fingerprint density at radius 2 is 1.63 bits per heavy atom. The van der Waals surface area contributed by atoms with E-state index in [1.54, 1.807) is 29.2 Å². The molecule has 0 bridgehead atoms. The van der Waals surface area contributed by atoms with Crippen LogP contribution >= 0.6 is 0 Å². The first kappa shape index (κ1) is 20.2. The predicted molar refractivity (Wildman–Crippen MR) is 115 cm³/mol. The van der Waals surface area contributed by atoms with Crippen molar-refractivity contribution in [1.82, 2.24) is 4.90 Å². The molecule has 0 aromatic heterocycles. The zero-order chi connectivity index (χ0) is 21.3. The van der Waals surface area contributed by atoms with Crippen LogP contribution in [0.5, 0.6) is 5.75 Å². The van der Waals surface area contributed by atoms with Crippen molar-refractivity contribution in [2.75, 3.05) is 0 Å². The number of ether oxygens (including phenoxy) is 1. The van der Waals surface area contributed by atoms with E-state index in [-0.39, 0.29) is 23.5 Å². The molecule has 1 aliphatic heterocycles. The molecule has 2 aromatic rings. The first-order chi connectivity index (χ1) is 14.5. The molecule has 1 amide bonds. The number of carbonyl (C=O) groups excluding carboxylic acids is 2. The van der Waals surface area contributed by atoms with Gasteiger partial charge in [0.2, 0.25) is 0 Å². The quantitative estimate of drug-likeness (QED) is 0.439. The minimum Gasteiger partial charge on any atom is -0.507 e. The highest BCUT2D eigenvalue weighted by Gasteiger charge is 2.49. The van der Waals surface area contributed by atoms with Gasteiger partial charge in [-0.2, -0.15) is 0 Å². The van der Waals surface area contributed by atoms with Crippen LogP contribution in [0.15, 0.2) is 60.2 Å². The van der Waals surface area contributed by atoms with Crippen LogP contribution in [-0.2, 0) is 9.59 Å². The van der Waals surface area contributed by atoms with Gasteiger partial charge in [-0.1, -0.05) is 55.3 Å². The summed E-state index contributed by atoms with van der Waals surface area (Å²) in [5.74, 6) is -0.528. The number of Topliss-reactive ketones (excluding diaryl/α,β-unsaturated/α-hetero) is 1. The molecule has 4 rings (SSSR count). The van der Waals surface area contributed by atoms with Gasteiger partial charge >= 0.3 is 0 Å². The molecular formula is C25H27NO4. The fourth-order valence-corrected chi connectivity index (χ4v) is 4.49. The van der Waals surface area contributed by atoms with Gasteiger partial charge in [-0.25, -0.2) is 0 Å². The van der Waals surface area contributed by atoms with Gasteiger partial charge in [-0.3, -0.25) is 9.59 Å². The first-order valence-electron chi connectivity index (χ1n) is 10.6. The van der Waals surface area contributed by atoms with E-state index >= 15 is 0 Å². The van der Waals surface area contributed by atoms with Gasteiger partial charge in [0, 0.05) is 11.6 Å². The molecule has 1 atom stereocenters. The van der Waals surface area contributed by atoms with Gasteiger partial charge in [-0.15, -0.1) is 0 Å². The summed E-state index contributed by atoms with van der Waals surface area (Å²) < 4.78 is 5.74. The SMILES string of the molecule is CC(C)Oc1ccc(C2/C(=C(/O)c3ccccc3)C(=O)C(=O)N2C2CCCC2)cc1. The van der Waals surface area contributed by atoms with Gasteiger partial charge in [0.05, 0.1) is 17.7 Å². The Morgan fingerprint density at radius 1 is 1.00 bits per heavy atom. The molecule has 1 saturated heterocycles. The van der Waals surface area contributed by atoms with Crippen molar-refractivity contribution in [2.45, 2.75) is 57.7 Å². The van der Waals surface area contributed by atoms with Crippen LogP contribution in [-0.4, -0.2) is 33.8 Å². The van der Waals surface area contributed by atoms with Crippen molar-refractivity contribution in [3.05, 3.63) is 71.3 Å². The smallest absolute Gasteiger partial charge is 0.295 e. The highest BCUT2D eigenvalue weighted by atomic mass is 16.5.